The standard InChI is InChI=1S/C32H41NO17/c1-16(34)41-14-22-25(43-17(2)35)28(44-18(3)36)29(45-19(4)37)31(48-22)49-27-24(38)30(46-21-10-8-20(9-11-21)33(39)40)47-23-15-42-32(50-26(23)27)12-6-5-7-13-32/h8-11,22-31,38H,5-7,12-15H2,1-4H3. The van der Waals surface area contributed by atoms with E-state index in [1.54, 1.807) is 0 Å². The first-order valence-corrected chi connectivity index (χ1v) is 16.3. The van der Waals surface area contributed by atoms with Crippen LogP contribution in [0.3, 0.4) is 0 Å². The van der Waals surface area contributed by atoms with E-state index >= 15 is 0 Å². The molecule has 4 aliphatic rings. The van der Waals surface area contributed by atoms with Gasteiger partial charge in [-0.15, -0.1) is 0 Å². The molecule has 0 radical (unpaired) electrons. The van der Waals surface area contributed by atoms with Crippen LogP contribution in [0.1, 0.15) is 59.8 Å². The lowest BCUT2D eigenvalue weighted by molar-refractivity contribution is -0.409. The molecule has 3 heterocycles. The lowest BCUT2D eigenvalue weighted by atomic mass is 9.90. The third-order valence-electron chi connectivity index (χ3n) is 8.63. The van der Waals surface area contributed by atoms with Gasteiger partial charge in [-0.3, -0.25) is 29.3 Å². The summed E-state index contributed by atoms with van der Waals surface area (Å²) in [5, 5.41) is 22.9. The van der Waals surface area contributed by atoms with Crippen LogP contribution in [-0.2, 0) is 61.8 Å². The lowest BCUT2D eigenvalue weighted by Crippen LogP contribution is -2.69. The number of hydrogen-bond acceptors (Lipinski definition) is 17. The maximum atomic E-state index is 12.4. The number of non-ortho nitro benzene ring substituents is 1. The van der Waals surface area contributed by atoms with Crippen LogP contribution in [0.25, 0.3) is 0 Å². The first-order valence-electron chi connectivity index (χ1n) is 16.3. The molecule has 3 saturated heterocycles. The number of esters is 4. The van der Waals surface area contributed by atoms with E-state index in [1.807, 2.05) is 0 Å². The van der Waals surface area contributed by atoms with E-state index in [2.05, 4.69) is 0 Å². The Balaban J connectivity index is 1.50. The number of rotatable bonds is 10. The Hall–Kier alpha value is -3.94. The maximum absolute atomic E-state index is 12.4. The second-order valence-electron chi connectivity index (χ2n) is 12.4. The van der Waals surface area contributed by atoms with Gasteiger partial charge in [-0.2, -0.15) is 0 Å². The van der Waals surface area contributed by atoms with Crippen molar-refractivity contribution in [2.24, 2.45) is 0 Å². The summed E-state index contributed by atoms with van der Waals surface area (Å²) >= 11 is 0. The summed E-state index contributed by atoms with van der Waals surface area (Å²) in [6.07, 6.45) is -9.93. The van der Waals surface area contributed by atoms with Crippen LogP contribution in [0.15, 0.2) is 24.3 Å². The first-order chi connectivity index (χ1) is 23.7. The van der Waals surface area contributed by atoms with Crippen molar-refractivity contribution in [1.29, 1.82) is 0 Å². The normalized spacial score (nSPS) is 33.3. The predicted molar refractivity (Wildman–Crippen MR) is 162 cm³/mol. The fourth-order valence-electron chi connectivity index (χ4n) is 6.53. The molecule has 1 aromatic carbocycles. The Kier molecular flexibility index (Phi) is 11.9. The maximum Gasteiger partial charge on any atom is 0.303 e. The van der Waals surface area contributed by atoms with Crippen molar-refractivity contribution in [2.75, 3.05) is 13.2 Å². The number of carbonyl (C=O) groups is 4. The van der Waals surface area contributed by atoms with Crippen LogP contribution in [0.4, 0.5) is 5.69 Å². The molecule has 276 valence electrons. The first kappa shape index (κ1) is 37.3. The minimum Gasteiger partial charge on any atom is -0.463 e. The topological polar surface area (TPSA) is 224 Å². The third kappa shape index (κ3) is 8.85. The van der Waals surface area contributed by atoms with Crippen LogP contribution in [0.5, 0.6) is 5.75 Å². The van der Waals surface area contributed by atoms with Crippen molar-refractivity contribution in [2.45, 2.75) is 127 Å². The Morgan fingerprint density at radius 3 is 2.06 bits per heavy atom. The molecular formula is C32H41NO17. The van der Waals surface area contributed by atoms with E-state index in [0.29, 0.717) is 12.8 Å². The molecule has 0 aromatic heterocycles. The number of nitrogens with zero attached hydrogens (tertiary/aromatic N) is 1. The van der Waals surface area contributed by atoms with Gasteiger partial charge in [-0.05, 0) is 25.0 Å². The molecule has 18 nitrogen and oxygen atoms in total. The number of hydrogen-bond donors (Lipinski definition) is 1. The average molecular weight is 712 g/mol. The second-order valence-corrected chi connectivity index (χ2v) is 12.4. The molecule has 10 atom stereocenters. The minimum atomic E-state index is -1.64. The van der Waals surface area contributed by atoms with Gasteiger partial charge in [-0.25, -0.2) is 0 Å². The van der Waals surface area contributed by atoms with E-state index in [-0.39, 0.29) is 18.0 Å². The number of ether oxygens (including phenoxy) is 10. The van der Waals surface area contributed by atoms with E-state index in [9.17, 15) is 34.4 Å². The van der Waals surface area contributed by atoms with E-state index in [0.717, 1.165) is 47.0 Å². The highest BCUT2D eigenvalue weighted by Crippen LogP contribution is 2.43. The Morgan fingerprint density at radius 2 is 1.46 bits per heavy atom. The smallest absolute Gasteiger partial charge is 0.303 e. The molecule has 18 heteroatoms. The molecule has 1 spiro atoms. The molecule has 0 bridgehead atoms. The molecule has 5 rings (SSSR count). The zero-order valence-corrected chi connectivity index (χ0v) is 28.0. The highest BCUT2D eigenvalue weighted by Gasteiger charge is 2.59. The van der Waals surface area contributed by atoms with Crippen molar-refractivity contribution in [1.82, 2.24) is 0 Å². The Labute approximate surface area is 286 Å². The zero-order valence-electron chi connectivity index (χ0n) is 28.0. The molecule has 1 N–H and O–H groups in total. The van der Waals surface area contributed by atoms with Gasteiger partial charge in [-0.1, -0.05) is 6.42 Å². The van der Waals surface area contributed by atoms with Gasteiger partial charge >= 0.3 is 23.9 Å². The van der Waals surface area contributed by atoms with Crippen LogP contribution in [-0.4, -0.2) is 114 Å². The van der Waals surface area contributed by atoms with Gasteiger partial charge in [0.2, 0.25) is 6.29 Å². The van der Waals surface area contributed by atoms with E-state index < -0.39 is 103 Å². The monoisotopic (exact) mass is 711 g/mol. The Bertz CT molecular complexity index is 1400. The summed E-state index contributed by atoms with van der Waals surface area (Å²) in [5.41, 5.74) is -0.181. The van der Waals surface area contributed by atoms with E-state index in [1.165, 1.54) is 24.3 Å². The molecule has 1 aromatic rings. The average Bonchev–Trinajstić information content (AvgIpc) is 3.05. The summed E-state index contributed by atoms with van der Waals surface area (Å²) in [5.74, 6) is -4.01. The third-order valence-corrected chi connectivity index (χ3v) is 8.63. The molecule has 1 saturated carbocycles. The fourth-order valence-corrected chi connectivity index (χ4v) is 6.53. The van der Waals surface area contributed by atoms with Gasteiger partial charge in [0.1, 0.15) is 42.9 Å². The van der Waals surface area contributed by atoms with Gasteiger partial charge in [0.25, 0.3) is 5.69 Å². The highest BCUT2D eigenvalue weighted by atomic mass is 16.8. The van der Waals surface area contributed by atoms with Crippen molar-refractivity contribution in [3.8, 4) is 5.75 Å². The van der Waals surface area contributed by atoms with Crippen LogP contribution >= 0.6 is 0 Å². The number of nitro groups is 1. The summed E-state index contributed by atoms with van der Waals surface area (Å²) in [7, 11) is 0. The summed E-state index contributed by atoms with van der Waals surface area (Å²) in [6, 6.07) is 5.11. The molecule has 4 fully saturated rings. The number of nitro benzene ring substituents is 1. The van der Waals surface area contributed by atoms with Crippen LogP contribution < -0.4 is 4.74 Å². The SMILES string of the molecule is CC(=O)OCC1OC(OC2C(O)C(Oc3ccc([N+](=O)[O-])cc3)OC3COC4(CCCCC4)OC32)C(OC(C)=O)C(OC(C)=O)C1OC(C)=O. The Morgan fingerprint density at radius 1 is 0.840 bits per heavy atom. The lowest BCUT2D eigenvalue weighted by Gasteiger charge is -2.53. The molecule has 3 aliphatic heterocycles. The van der Waals surface area contributed by atoms with Gasteiger partial charge in [0, 0.05) is 52.7 Å². The quantitative estimate of drug-likeness (QED) is 0.157. The second kappa shape index (κ2) is 15.9. The molecule has 1 aliphatic carbocycles. The zero-order chi connectivity index (χ0) is 36.2. The number of aliphatic hydroxyl groups excluding tert-OH is 1. The van der Waals surface area contributed by atoms with E-state index in [4.69, 9.17) is 47.4 Å². The van der Waals surface area contributed by atoms with Crippen molar-refractivity contribution < 1.29 is 76.6 Å². The molecule has 50 heavy (non-hydrogen) atoms. The fraction of sp³-hybridized carbons (Fsp3) is 0.688. The highest BCUT2D eigenvalue weighted by molar-refractivity contribution is 5.68. The summed E-state index contributed by atoms with van der Waals surface area (Å²) in [6.45, 7) is 3.97. The molecule has 10 unspecified atom stereocenters. The van der Waals surface area contributed by atoms with Gasteiger partial charge < -0.3 is 52.5 Å². The molecule has 0 amide bonds. The summed E-state index contributed by atoms with van der Waals surface area (Å²) in [4.78, 5) is 59.2. The minimum absolute atomic E-state index is 0.0238. The predicted octanol–water partition coefficient (Wildman–Crippen LogP) is 1.60. The van der Waals surface area contributed by atoms with Crippen molar-refractivity contribution in [3.63, 3.8) is 0 Å². The van der Waals surface area contributed by atoms with Crippen molar-refractivity contribution in [3.05, 3.63) is 34.4 Å². The number of benzene rings is 1. The number of aliphatic hydroxyl groups is 1. The van der Waals surface area contributed by atoms with Crippen molar-refractivity contribution >= 4 is 29.6 Å². The van der Waals surface area contributed by atoms with Gasteiger partial charge in [0.05, 0.1) is 11.5 Å². The number of fused-ring (bicyclic) bond motifs is 1. The molecular weight excluding hydrogens is 670 g/mol. The van der Waals surface area contributed by atoms with Crippen LogP contribution in [0.2, 0.25) is 0 Å². The van der Waals surface area contributed by atoms with Crippen LogP contribution in [0, 0.1) is 10.1 Å². The number of carbonyl (C=O) groups excluding carboxylic acids is 4. The summed E-state index contributed by atoms with van der Waals surface area (Å²) < 4.78 is 59.0. The largest absolute Gasteiger partial charge is 0.463 e. The van der Waals surface area contributed by atoms with Gasteiger partial charge in [0.15, 0.2) is 30.4 Å².